The molecule has 4 aromatic rings. The number of nitrogens with one attached hydrogen (secondary N) is 1. The van der Waals surface area contributed by atoms with Crippen molar-refractivity contribution in [3.8, 4) is 11.5 Å². The highest BCUT2D eigenvalue weighted by molar-refractivity contribution is 7.17. The van der Waals surface area contributed by atoms with E-state index in [2.05, 4.69) is 33.5 Å². The number of hydrogen-bond acceptors (Lipinski definition) is 4. The molecule has 0 radical (unpaired) electrons. The van der Waals surface area contributed by atoms with E-state index in [1.165, 1.54) is 5.56 Å². The Bertz CT molecular complexity index is 1130. The molecule has 4 rings (SSSR count). The van der Waals surface area contributed by atoms with Crippen molar-refractivity contribution in [2.24, 2.45) is 0 Å². The first-order valence-corrected chi connectivity index (χ1v) is 10.2. The summed E-state index contributed by atoms with van der Waals surface area (Å²) in [6.45, 7) is 0.735. The van der Waals surface area contributed by atoms with E-state index in [-0.39, 0.29) is 5.91 Å². The van der Waals surface area contributed by atoms with E-state index < -0.39 is 0 Å². The summed E-state index contributed by atoms with van der Waals surface area (Å²) in [4.78, 5) is 13.1. The number of benzene rings is 2. The second-order valence-corrected chi connectivity index (χ2v) is 7.56. The van der Waals surface area contributed by atoms with E-state index in [4.69, 9.17) is 9.47 Å². The van der Waals surface area contributed by atoms with Gasteiger partial charge in [-0.05, 0) is 41.6 Å². The Labute approximate surface area is 173 Å². The number of hydrogen-bond donors (Lipinski definition) is 1. The van der Waals surface area contributed by atoms with Gasteiger partial charge in [0.1, 0.15) is 5.69 Å². The zero-order valence-electron chi connectivity index (χ0n) is 16.3. The summed E-state index contributed by atoms with van der Waals surface area (Å²) in [5, 5.41) is 5.04. The van der Waals surface area contributed by atoms with E-state index in [1.54, 1.807) is 43.8 Å². The summed E-state index contributed by atoms with van der Waals surface area (Å²) in [6, 6.07) is 19.7. The van der Waals surface area contributed by atoms with Crippen molar-refractivity contribution in [3.05, 3.63) is 77.3 Å². The van der Waals surface area contributed by atoms with Crippen molar-refractivity contribution >= 4 is 33.1 Å². The van der Waals surface area contributed by atoms with Crippen LogP contribution < -0.4 is 14.8 Å². The lowest BCUT2D eigenvalue weighted by atomic mass is 10.1. The quantitative estimate of drug-likeness (QED) is 0.458. The van der Waals surface area contributed by atoms with Gasteiger partial charge in [-0.25, -0.2) is 0 Å². The molecular formula is C23H22N2O3S. The van der Waals surface area contributed by atoms with Gasteiger partial charge in [0.05, 0.1) is 24.4 Å². The average molecular weight is 407 g/mol. The smallest absolute Gasteiger partial charge is 0.272 e. The molecular weight excluding hydrogens is 384 g/mol. The van der Waals surface area contributed by atoms with Crippen molar-refractivity contribution in [2.75, 3.05) is 19.5 Å². The van der Waals surface area contributed by atoms with Crippen LogP contribution in [0.3, 0.4) is 0 Å². The normalized spacial score (nSPS) is 10.8. The number of carbonyl (C=O) groups is 1. The van der Waals surface area contributed by atoms with Crippen molar-refractivity contribution in [2.45, 2.75) is 13.0 Å². The Kier molecular flexibility index (Phi) is 5.53. The molecule has 0 atom stereocenters. The van der Waals surface area contributed by atoms with Crippen LogP contribution in [-0.2, 0) is 13.0 Å². The first kappa shape index (κ1) is 19.1. The minimum atomic E-state index is -0.145. The number of methoxy groups -OCH3 is 2. The fourth-order valence-electron chi connectivity index (χ4n) is 3.40. The third-order valence-corrected chi connectivity index (χ3v) is 5.72. The monoisotopic (exact) mass is 406 g/mol. The Morgan fingerprint density at radius 3 is 2.55 bits per heavy atom. The maximum absolute atomic E-state index is 13.1. The third-order valence-electron chi connectivity index (χ3n) is 4.86. The van der Waals surface area contributed by atoms with Gasteiger partial charge in [0, 0.05) is 18.3 Å². The summed E-state index contributed by atoms with van der Waals surface area (Å²) in [5.74, 6) is 1.05. The maximum atomic E-state index is 13.1. The third kappa shape index (κ3) is 3.98. The van der Waals surface area contributed by atoms with Crippen molar-refractivity contribution in [1.82, 2.24) is 4.57 Å². The van der Waals surface area contributed by atoms with Gasteiger partial charge in [0.15, 0.2) is 11.5 Å². The van der Waals surface area contributed by atoms with Gasteiger partial charge in [-0.3, -0.25) is 4.79 Å². The number of aromatic nitrogens is 1. The molecule has 1 N–H and O–H groups in total. The van der Waals surface area contributed by atoms with Gasteiger partial charge in [-0.15, -0.1) is 11.3 Å². The average Bonchev–Trinajstić information content (AvgIpc) is 3.34. The SMILES string of the molecule is COc1ccc(NC(=O)c2cc3sccc3n2CCc2ccccc2)cc1OC. The van der Waals surface area contributed by atoms with Crippen molar-refractivity contribution in [3.63, 3.8) is 0 Å². The maximum Gasteiger partial charge on any atom is 0.272 e. The van der Waals surface area contributed by atoms with Crippen molar-refractivity contribution < 1.29 is 14.3 Å². The largest absolute Gasteiger partial charge is 0.493 e. The molecule has 0 aliphatic rings. The molecule has 2 heterocycles. The molecule has 148 valence electrons. The lowest BCUT2D eigenvalue weighted by Crippen LogP contribution is -2.18. The molecule has 0 aliphatic heterocycles. The summed E-state index contributed by atoms with van der Waals surface area (Å²) < 4.78 is 13.8. The van der Waals surface area contributed by atoms with Crippen LogP contribution in [0.15, 0.2) is 66.0 Å². The number of ether oxygens (including phenoxy) is 2. The predicted octanol–water partition coefficient (Wildman–Crippen LogP) is 5.22. The number of rotatable bonds is 7. The van der Waals surface area contributed by atoms with Gasteiger partial charge in [-0.1, -0.05) is 30.3 Å². The molecule has 0 saturated heterocycles. The zero-order valence-corrected chi connectivity index (χ0v) is 17.2. The van der Waals surface area contributed by atoms with E-state index in [1.807, 2.05) is 24.3 Å². The lowest BCUT2D eigenvalue weighted by molar-refractivity contribution is 0.101. The molecule has 2 aromatic carbocycles. The molecule has 29 heavy (non-hydrogen) atoms. The Balaban J connectivity index is 1.60. The molecule has 0 aliphatic carbocycles. The number of nitrogens with zero attached hydrogens (tertiary/aromatic N) is 1. The zero-order chi connectivity index (χ0) is 20.2. The fraction of sp³-hybridized carbons (Fsp3) is 0.174. The molecule has 0 unspecified atom stereocenters. The molecule has 1 amide bonds. The van der Waals surface area contributed by atoms with Crippen LogP contribution >= 0.6 is 11.3 Å². The first-order valence-electron chi connectivity index (χ1n) is 9.33. The Morgan fingerprint density at radius 1 is 1.00 bits per heavy atom. The number of thiophene rings is 1. The highest BCUT2D eigenvalue weighted by Gasteiger charge is 2.17. The minimum absolute atomic E-state index is 0.145. The van der Waals surface area contributed by atoms with Gasteiger partial charge >= 0.3 is 0 Å². The van der Waals surface area contributed by atoms with Gasteiger partial charge in [-0.2, -0.15) is 0 Å². The molecule has 0 bridgehead atoms. The van der Waals surface area contributed by atoms with Crippen LogP contribution in [0, 0.1) is 0 Å². The summed E-state index contributed by atoms with van der Waals surface area (Å²) in [6.07, 6.45) is 0.858. The second-order valence-electron chi connectivity index (χ2n) is 6.61. The van der Waals surface area contributed by atoms with E-state index in [0.29, 0.717) is 22.9 Å². The van der Waals surface area contributed by atoms with Gasteiger partial charge in [0.25, 0.3) is 5.91 Å². The molecule has 0 saturated carbocycles. The number of anilines is 1. The summed E-state index contributed by atoms with van der Waals surface area (Å²) >= 11 is 1.64. The molecule has 0 fully saturated rings. The van der Waals surface area contributed by atoms with Crippen LogP contribution in [-0.4, -0.2) is 24.7 Å². The molecule has 6 heteroatoms. The fourth-order valence-corrected chi connectivity index (χ4v) is 4.22. The Hall–Kier alpha value is -3.25. The highest BCUT2D eigenvalue weighted by Crippen LogP contribution is 2.31. The van der Waals surface area contributed by atoms with Crippen LogP contribution in [0.2, 0.25) is 0 Å². The van der Waals surface area contributed by atoms with Crippen LogP contribution in [0.5, 0.6) is 11.5 Å². The summed E-state index contributed by atoms with van der Waals surface area (Å²) in [7, 11) is 3.16. The number of amides is 1. The summed E-state index contributed by atoms with van der Waals surface area (Å²) in [5.41, 5.74) is 3.64. The van der Waals surface area contributed by atoms with Crippen LogP contribution in [0.1, 0.15) is 16.1 Å². The van der Waals surface area contributed by atoms with Crippen molar-refractivity contribution in [1.29, 1.82) is 0 Å². The van der Waals surface area contributed by atoms with Gasteiger partial charge in [0.2, 0.25) is 0 Å². The standard InChI is InChI=1S/C23H22N2O3S/c1-27-20-9-8-17(14-21(20)28-2)24-23(26)19-15-22-18(11-13-29-22)25(19)12-10-16-6-4-3-5-7-16/h3-9,11,13-15H,10,12H2,1-2H3,(H,24,26). The predicted molar refractivity (Wildman–Crippen MR) is 117 cm³/mol. The van der Waals surface area contributed by atoms with E-state index in [9.17, 15) is 4.79 Å². The minimum Gasteiger partial charge on any atom is -0.493 e. The molecule has 2 aromatic heterocycles. The molecule has 0 spiro atoms. The van der Waals surface area contributed by atoms with Crippen LogP contribution in [0.4, 0.5) is 5.69 Å². The van der Waals surface area contributed by atoms with Crippen LogP contribution in [0.25, 0.3) is 10.2 Å². The molecule has 5 nitrogen and oxygen atoms in total. The van der Waals surface area contributed by atoms with Gasteiger partial charge < -0.3 is 19.4 Å². The van der Waals surface area contributed by atoms with E-state index >= 15 is 0 Å². The topological polar surface area (TPSA) is 52.5 Å². The number of fused-ring (bicyclic) bond motifs is 1. The number of aryl methyl sites for hydroxylation is 2. The number of carbonyl (C=O) groups excluding carboxylic acids is 1. The lowest BCUT2D eigenvalue weighted by Gasteiger charge is -2.13. The first-order chi connectivity index (χ1) is 14.2. The highest BCUT2D eigenvalue weighted by atomic mass is 32.1. The van der Waals surface area contributed by atoms with E-state index in [0.717, 1.165) is 23.2 Å². The second kappa shape index (κ2) is 8.41. The Morgan fingerprint density at radius 2 is 1.79 bits per heavy atom.